The molecule has 0 N–H and O–H groups in total. The zero-order valence-electron chi connectivity index (χ0n) is 17.1. The Morgan fingerprint density at radius 2 is 0.844 bits per heavy atom. The maximum atomic E-state index is 9.79. The Morgan fingerprint density at radius 3 is 1.28 bits per heavy atom. The second kappa shape index (κ2) is 6.95. The van der Waals surface area contributed by atoms with Crippen LogP contribution in [-0.4, -0.2) is 0 Å². The number of nitrogens with zero attached hydrogens (tertiary/aromatic N) is 2. The van der Waals surface area contributed by atoms with E-state index in [-0.39, 0.29) is 0 Å². The van der Waals surface area contributed by atoms with Crippen molar-refractivity contribution in [3.05, 3.63) is 108 Å². The molecule has 0 spiro atoms. The van der Waals surface area contributed by atoms with Crippen molar-refractivity contribution < 1.29 is 0 Å². The first-order chi connectivity index (χ1) is 15.8. The molecular weight excluding hydrogens is 388 g/mol. The van der Waals surface area contributed by atoms with Crippen LogP contribution in [-0.2, 0) is 0 Å². The third-order valence-corrected chi connectivity index (χ3v) is 6.31. The van der Waals surface area contributed by atoms with Gasteiger partial charge in [-0.05, 0) is 50.5 Å². The van der Waals surface area contributed by atoms with Gasteiger partial charge in [0.05, 0.1) is 23.3 Å². The Balaban J connectivity index is 1.90. The highest BCUT2D eigenvalue weighted by molar-refractivity contribution is 6.29. The lowest BCUT2D eigenvalue weighted by Gasteiger charge is -2.19. The SMILES string of the molecule is N#Cc1cc(C#N)c2ccc3c(-c4ccccc4)cc(-c4ccccc4)c4ccc1c2c43. The molecule has 32 heavy (non-hydrogen) atoms. The fourth-order valence-electron chi connectivity index (χ4n) is 4.89. The van der Waals surface area contributed by atoms with Crippen LogP contribution in [0, 0.1) is 22.7 Å². The van der Waals surface area contributed by atoms with Crippen LogP contribution in [0.5, 0.6) is 0 Å². The van der Waals surface area contributed by atoms with E-state index in [1.54, 1.807) is 6.07 Å². The van der Waals surface area contributed by atoms with Crippen molar-refractivity contribution in [2.24, 2.45) is 0 Å². The van der Waals surface area contributed by atoms with Gasteiger partial charge in [0, 0.05) is 16.2 Å². The van der Waals surface area contributed by atoms with E-state index < -0.39 is 0 Å². The third kappa shape index (κ3) is 2.51. The van der Waals surface area contributed by atoms with Crippen molar-refractivity contribution in [3.63, 3.8) is 0 Å². The van der Waals surface area contributed by atoms with E-state index in [1.165, 1.54) is 0 Å². The molecule has 6 aromatic rings. The van der Waals surface area contributed by atoms with Gasteiger partial charge in [0.25, 0.3) is 0 Å². The van der Waals surface area contributed by atoms with Crippen LogP contribution in [0.1, 0.15) is 11.1 Å². The molecule has 0 unspecified atom stereocenters. The fraction of sp³-hybridized carbons (Fsp3) is 0. The van der Waals surface area contributed by atoms with Crippen molar-refractivity contribution in [1.82, 2.24) is 0 Å². The van der Waals surface area contributed by atoms with Crippen LogP contribution in [0.3, 0.4) is 0 Å². The number of nitriles is 2. The number of hydrogen-bond donors (Lipinski definition) is 0. The molecule has 0 amide bonds. The van der Waals surface area contributed by atoms with Crippen molar-refractivity contribution in [3.8, 4) is 34.4 Å². The minimum atomic E-state index is 0.537. The predicted molar refractivity (Wildman–Crippen MR) is 130 cm³/mol. The first kappa shape index (κ1) is 18.1. The molecule has 0 atom stereocenters. The van der Waals surface area contributed by atoms with Crippen molar-refractivity contribution >= 4 is 32.3 Å². The summed E-state index contributed by atoms with van der Waals surface area (Å²) in [6.07, 6.45) is 0. The lowest BCUT2D eigenvalue weighted by molar-refractivity contribution is 1.48. The van der Waals surface area contributed by atoms with Crippen LogP contribution < -0.4 is 0 Å². The number of benzene rings is 6. The summed E-state index contributed by atoms with van der Waals surface area (Å²) in [4.78, 5) is 0. The molecule has 6 rings (SSSR count). The summed E-state index contributed by atoms with van der Waals surface area (Å²) in [5, 5.41) is 25.7. The molecule has 0 heterocycles. The normalized spacial score (nSPS) is 11.1. The highest BCUT2D eigenvalue weighted by Gasteiger charge is 2.19. The summed E-state index contributed by atoms with van der Waals surface area (Å²) in [5.41, 5.74) is 5.65. The second-order valence-corrected chi connectivity index (χ2v) is 7.97. The van der Waals surface area contributed by atoms with Crippen LogP contribution in [0.2, 0.25) is 0 Å². The molecule has 2 heteroatoms. The molecule has 0 radical (unpaired) electrons. The Labute approximate surface area is 185 Å². The molecular formula is C30H16N2. The zero-order valence-corrected chi connectivity index (χ0v) is 17.1. The van der Waals surface area contributed by atoms with Gasteiger partial charge in [0.1, 0.15) is 0 Å². The van der Waals surface area contributed by atoms with Crippen LogP contribution in [0.4, 0.5) is 0 Å². The quantitative estimate of drug-likeness (QED) is 0.278. The minimum absolute atomic E-state index is 0.537. The molecule has 0 saturated carbocycles. The summed E-state index contributed by atoms with van der Waals surface area (Å²) in [7, 11) is 0. The Morgan fingerprint density at radius 1 is 0.438 bits per heavy atom. The molecule has 2 nitrogen and oxygen atoms in total. The molecule has 6 aromatic carbocycles. The molecule has 0 fully saturated rings. The molecule has 0 aliphatic rings. The van der Waals surface area contributed by atoms with Gasteiger partial charge in [-0.1, -0.05) is 84.9 Å². The van der Waals surface area contributed by atoms with Crippen LogP contribution in [0.25, 0.3) is 54.6 Å². The topological polar surface area (TPSA) is 47.6 Å². The lowest BCUT2D eigenvalue weighted by Crippen LogP contribution is -1.94. The highest BCUT2D eigenvalue weighted by atomic mass is 14.3. The molecule has 0 saturated heterocycles. The third-order valence-electron chi connectivity index (χ3n) is 6.31. The van der Waals surface area contributed by atoms with E-state index >= 15 is 0 Å². The van der Waals surface area contributed by atoms with Gasteiger partial charge in [0.15, 0.2) is 0 Å². The smallest absolute Gasteiger partial charge is 0.0998 e. The molecule has 0 aliphatic heterocycles. The maximum Gasteiger partial charge on any atom is 0.0998 e. The molecule has 146 valence electrons. The van der Waals surface area contributed by atoms with Gasteiger partial charge < -0.3 is 0 Å². The van der Waals surface area contributed by atoms with Crippen molar-refractivity contribution in [2.75, 3.05) is 0 Å². The first-order valence-electron chi connectivity index (χ1n) is 10.5. The van der Waals surface area contributed by atoms with E-state index in [0.29, 0.717) is 11.1 Å². The average molecular weight is 404 g/mol. The van der Waals surface area contributed by atoms with E-state index in [2.05, 4.69) is 78.9 Å². The minimum Gasteiger partial charge on any atom is -0.192 e. The predicted octanol–water partition coefficient (Wildman–Crippen LogP) is 7.66. The van der Waals surface area contributed by atoms with Crippen LogP contribution in [0.15, 0.2) is 97.1 Å². The van der Waals surface area contributed by atoms with Crippen LogP contribution >= 0.6 is 0 Å². The lowest BCUT2D eigenvalue weighted by atomic mass is 9.84. The number of hydrogen-bond acceptors (Lipinski definition) is 2. The van der Waals surface area contributed by atoms with Crippen molar-refractivity contribution in [1.29, 1.82) is 10.5 Å². The standard InChI is InChI=1S/C30H16N2/c31-17-21-15-22(18-32)24-12-14-26-28(20-9-5-2-6-10-20)16-27(19-7-3-1-4-8-19)25-13-11-23(21)29(24)30(25)26/h1-16H. The van der Waals surface area contributed by atoms with E-state index in [9.17, 15) is 10.5 Å². The fourth-order valence-corrected chi connectivity index (χ4v) is 4.89. The monoisotopic (exact) mass is 404 g/mol. The molecule has 0 bridgehead atoms. The summed E-state index contributed by atoms with van der Waals surface area (Å²) in [6, 6.07) is 37.6. The Hall–Kier alpha value is -4.66. The second-order valence-electron chi connectivity index (χ2n) is 7.97. The summed E-state index contributed by atoms with van der Waals surface area (Å²) >= 11 is 0. The summed E-state index contributed by atoms with van der Waals surface area (Å²) < 4.78 is 0. The van der Waals surface area contributed by atoms with Gasteiger partial charge in [-0.2, -0.15) is 10.5 Å². The molecule has 0 aliphatic carbocycles. The van der Waals surface area contributed by atoms with Gasteiger partial charge >= 0.3 is 0 Å². The van der Waals surface area contributed by atoms with E-state index in [1.807, 2.05) is 24.3 Å². The largest absolute Gasteiger partial charge is 0.192 e. The highest BCUT2D eigenvalue weighted by Crippen LogP contribution is 2.45. The van der Waals surface area contributed by atoms with Gasteiger partial charge in [-0.3, -0.25) is 0 Å². The van der Waals surface area contributed by atoms with E-state index in [4.69, 9.17) is 0 Å². The Bertz CT molecular complexity index is 1600. The van der Waals surface area contributed by atoms with E-state index in [0.717, 1.165) is 54.6 Å². The average Bonchev–Trinajstić information content (AvgIpc) is 2.87. The van der Waals surface area contributed by atoms with Gasteiger partial charge in [-0.25, -0.2) is 0 Å². The van der Waals surface area contributed by atoms with Gasteiger partial charge in [-0.15, -0.1) is 0 Å². The first-order valence-corrected chi connectivity index (χ1v) is 10.5. The summed E-state index contributed by atoms with van der Waals surface area (Å²) in [5.74, 6) is 0. The zero-order chi connectivity index (χ0) is 21.7. The molecule has 0 aromatic heterocycles. The Kier molecular flexibility index (Phi) is 3.94. The summed E-state index contributed by atoms with van der Waals surface area (Å²) in [6.45, 7) is 0. The number of rotatable bonds is 2. The van der Waals surface area contributed by atoms with Crippen molar-refractivity contribution in [2.45, 2.75) is 0 Å². The maximum absolute atomic E-state index is 9.79. The van der Waals surface area contributed by atoms with Gasteiger partial charge in [0.2, 0.25) is 0 Å².